The SMILES string of the molecule is C=CC(=O)C([C]=O)=Cc1ccccc1. The molecule has 0 N–H and O–H groups in total. The van der Waals surface area contributed by atoms with Gasteiger partial charge in [-0.1, -0.05) is 36.9 Å². The third-order valence-corrected chi connectivity index (χ3v) is 1.67. The van der Waals surface area contributed by atoms with Gasteiger partial charge in [-0.05, 0) is 17.7 Å². The van der Waals surface area contributed by atoms with Gasteiger partial charge in [-0.2, -0.15) is 0 Å². The molecule has 0 bridgehead atoms. The minimum atomic E-state index is -0.413. The molecule has 0 amide bonds. The molecule has 2 heteroatoms. The van der Waals surface area contributed by atoms with E-state index in [1.807, 2.05) is 18.2 Å². The Labute approximate surface area is 82.6 Å². The summed E-state index contributed by atoms with van der Waals surface area (Å²) < 4.78 is 0. The summed E-state index contributed by atoms with van der Waals surface area (Å²) in [7, 11) is 0. The highest BCUT2D eigenvalue weighted by Crippen LogP contribution is 2.05. The van der Waals surface area contributed by atoms with Gasteiger partial charge in [-0.25, -0.2) is 0 Å². The molecule has 0 spiro atoms. The van der Waals surface area contributed by atoms with Crippen LogP contribution in [0.25, 0.3) is 6.08 Å². The van der Waals surface area contributed by atoms with E-state index < -0.39 is 5.78 Å². The van der Waals surface area contributed by atoms with Gasteiger partial charge in [0.05, 0.1) is 5.57 Å². The van der Waals surface area contributed by atoms with Crippen LogP contribution < -0.4 is 0 Å². The fraction of sp³-hybridized carbons (Fsp3) is 0. The molecule has 0 unspecified atom stereocenters. The Balaban J connectivity index is 3.01. The van der Waals surface area contributed by atoms with Crippen molar-refractivity contribution in [1.82, 2.24) is 0 Å². The molecule has 0 aliphatic rings. The zero-order valence-corrected chi connectivity index (χ0v) is 7.57. The van der Waals surface area contributed by atoms with Crippen LogP contribution in [0, 0.1) is 0 Å². The van der Waals surface area contributed by atoms with Crippen molar-refractivity contribution < 1.29 is 9.59 Å². The van der Waals surface area contributed by atoms with Gasteiger partial charge in [0.15, 0.2) is 5.78 Å². The van der Waals surface area contributed by atoms with E-state index in [1.54, 1.807) is 18.4 Å². The van der Waals surface area contributed by atoms with Crippen molar-refractivity contribution in [2.75, 3.05) is 0 Å². The first-order valence-corrected chi connectivity index (χ1v) is 4.09. The van der Waals surface area contributed by atoms with Gasteiger partial charge in [0.2, 0.25) is 6.29 Å². The summed E-state index contributed by atoms with van der Waals surface area (Å²) >= 11 is 0. The molecule has 0 atom stereocenters. The first kappa shape index (κ1) is 10.1. The summed E-state index contributed by atoms with van der Waals surface area (Å²) in [6.45, 7) is 3.30. The van der Waals surface area contributed by atoms with Gasteiger partial charge in [-0.3, -0.25) is 9.59 Å². The molecule has 0 aliphatic heterocycles. The van der Waals surface area contributed by atoms with Crippen molar-refractivity contribution in [2.45, 2.75) is 0 Å². The van der Waals surface area contributed by atoms with Gasteiger partial charge in [0.1, 0.15) is 0 Å². The molecule has 1 rings (SSSR count). The number of allylic oxidation sites excluding steroid dienone is 2. The van der Waals surface area contributed by atoms with Crippen LogP contribution >= 0.6 is 0 Å². The lowest BCUT2D eigenvalue weighted by molar-refractivity contribution is -0.110. The first-order chi connectivity index (χ1) is 6.77. The van der Waals surface area contributed by atoms with Gasteiger partial charge in [-0.15, -0.1) is 0 Å². The monoisotopic (exact) mass is 185 g/mol. The molecule has 1 radical (unpaired) electrons. The van der Waals surface area contributed by atoms with Gasteiger partial charge in [0.25, 0.3) is 0 Å². The maximum atomic E-state index is 11.1. The molecule has 2 nitrogen and oxygen atoms in total. The summed E-state index contributed by atoms with van der Waals surface area (Å²) in [4.78, 5) is 21.5. The average molecular weight is 185 g/mol. The predicted octanol–water partition coefficient (Wildman–Crippen LogP) is 1.93. The number of ketones is 1. The van der Waals surface area contributed by atoms with Crippen LogP contribution in [0.3, 0.4) is 0 Å². The fourth-order valence-electron chi connectivity index (χ4n) is 0.977. The highest BCUT2D eigenvalue weighted by molar-refractivity contribution is 6.20. The number of hydrogen-bond donors (Lipinski definition) is 0. The number of hydrogen-bond acceptors (Lipinski definition) is 2. The first-order valence-electron chi connectivity index (χ1n) is 4.09. The van der Waals surface area contributed by atoms with E-state index in [1.165, 1.54) is 6.08 Å². The van der Waals surface area contributed by atoms with Crippen LogP contribution in [-0.4, -0.2) is 12.1 Å². The zero-order chi connectivity index (χ0) is 10.4. The Morgan fingerprint density at radius 1 is 1.29 bits per heavy atom. The van der Waals surface area contributed by atoms with Crippen LogP contribution in [0.5, 0.6) is 0 Å². The maximum absolute atomic E-state index is 11.1. The smallest absolute Gasteiger partial charge is 0.237 e. The van der Waals surface area contributed by atoms with Crippen molar-refractivity contribution in [3.05, 3.63) is 54.1 Å². The summed E-state index contributed by atoms with van der Waals surface area (Å²) in [6.07, 6.45) is 4.17. The van der Waals surface area contributed by atoms with E-state index in [-0.39, 0.29) is 5.57 Å². The zero-order valence-electron chi connectivity index (χ0n) is 7.57. The Kier molecular flexibility index (Phi) is 3.56. The van der Waals surface area contributed by atoms with E-state index in [4.69, 9.17) is 0 Å². The van der Waals surface area contributed by atoms with Crippen LogP contribution in [0.2, 0.25) is 0 Å². The molecule has 0 aliphatic carbocycles. The minimum absolute atomic E-state index is 0.00815. The topological polar surface area (TPSA) is 34.1 Å². The van der Waals surface area contributed by atoms with Crippen molar-refractivity contribution in [3.63, 3.8) is 0 Å². The van der Waals surface area contributed by atoms with Crippen molar-refractivity contribution in [2.24, 2.45) is 0 Å². The average Bonchev–Trinajstić information content (AvgIpc) is 2.26. The largest absolute Gasteiger partial charge is 0.289 e. The number of carbonyl (C=O) groups is 1. The van der Waals surface area contributed by atoms with Crippen molar-refractivity contribution in [1.29, 1.82) is 0 Å². The molecule has 69 valence electrons. The molecule has 0 saturated heterocycles. The highest BCUT2D eigenvalue weighted by Gasteiger charge is 2.04. The molecule has 0 saturated carbocycles. The minimum Gasteiger partial charge on any atom is -0.289 e. The van der Waals surface area contributed by atoms with E-state index in [2.05, 4.69) is 6.58 Å². The molecule has 0 aromatic heterocycles. The van der Waals surface area contributed by atoms with Crippen molar-refractivity contribution >= 4 is 18.1 Å². The van der Waals surface area contributed by atoms with Gasteiger partial charge >= 0.3 is 0 Å². The van der Waals surface area contributed by atoms with E-state index in [9.17, 15) is 9.59 Å². The van der Waals surface area contributed by atoms with E-state index >= 15 is 0 Å². The molecule has 1 aromatic rings. The maximum Gasteiger partial charge on any atom is 0.237 e. The molecule has 0 fully saturated rings. The third-order valence-electron chi connectivity index (χ3n) is 1.67. The lowest BCUT2D eigenvalue weighted by Gasteiger charge is -1.93. The van der Waals surface area contributed by atoms with Crippen LogP contribution in [-0.2, 0) is 9.59 Å². The molecule has 1 aromatic carbocycles. The standard InChI is InChI=1S/C12H9O2/c1-2-12(14)11(9-13)8-10-6-4-3-5-7-10/h2-8H,1H2. The highest BCUT2D eigenvalue weighted by atomic mass is 16.1. The Morgan fingerprint density at radius 2 is 1.93 bits per heavy atom. The second-order valence-electron chi connectivity index (χ2n) is 2.64. The number of rotatable bonds is 4. The summed E-state index contributed by atoms with van der Waals surface area (Å²) in [5.74, 6) is -0.413. The number of carbonyl (C=O) groups excluding carboxylic acids is 2. The predicted molar refractivity (Wildman–Crippen MR) is 55.3 cm³/mol. The normalized spacial score (nSPS) is 10.7. The fourth-order valence-corrected chi connectivity index (χ4v) is 0.977. The number of benzene rings is 1. The summed E-state index contributed by atoms with van der Waals surface area (Å²) in [5.41, 5.74) is 0.784. The third kappa shape index (κ3) is 2.52. The molecule has 14 heavy (non-hydrogen) atoms. The summed E-state index contributed by atoms with van der Waals surface area (Å²) in [6, 6.07) is 9.11. The quantitative estimate of drug-likeness (QED) is 0.408. The lowest BCUT2D eigenvalue weighted by Crippen LogP contribution is -1.98. The Morgan fingerprint density at radius 3 is 2.43 bits per heavy atom. The Bertz CT molecular complexity index is 375. The van der Waals surface area contributed by atoms with Crippen LogP contribution in [0.4, 0.5) is 0 Å². The second kappa shape index (κ2) is 4.92. The van der Waals surface area contributed by atoms with Crippen LogP contribution in [0.1, 0.15) is 5.56 Å². The van der Waals surface area contributed by atoms with E-state index in [0.29, 0.717) is 0 Å². The molecule has 0 heterocycles. The van der Waals surface area contributed by atoms with E-state index in [0.717, 1.165) is 11.6 Å². The van der Waals surface area contributed by atoms with Gasteiger partial charge < -0.3 is 0 Å². The second-order valence-corrected chi connectivity index (χ2v) is 2.64. The molecular formula is C12H9O2. The van der Waals surface area contributed by atoms with Crippen molar-refractivity contribution in [3.8, 4) is 0 Å². The Hall–Kier alpha value is -1.96. The molecular weight excluding hydrogens is 176 g/mol. The van der Waals surface area contributed by atoms with Gasteiger partial charge in [0, 0.05) is 0 Å². The summed E-state index contributed by atoms with van der Waals surface area (Å²) in [5, 5.41) is 0. The lowest BCUT2D eigenvalue weighted by atomic mass is 10.1. The van der Waals surface area contributed by atoms with Crippen LogP contribution in [0.15, 0.2) is 48.6 Å².